The van der Waals surface area contributed by atoms with Crippen molar-refractivity contribution in [2.45, 2.75) is 69.7 Å². The second-order valence-electron chi connectivity index (χ2n) is 6.39. The molecule has 1 aliphatic carbocycles. The first-order valence-electron chi connectivity index (χ1n) is 6.86. The van der Waals surface area contributed by atoms with Gasteiger partial charge in [0.05, 0.1) is 23.9 Å². The summed E-state index contributed by atoms with van der Waals surface area (Å²) in [4.78, 5) is 0. The zero-order valence-corrected chi connectivity index (χ0v) is 10.5. The maximum atomic E-state index is 10.8. The molecular weight excluding hydrogens is 214 g/mol. The van der Waals surface area contributed by atoms with Crippen LogP contribution in [-0.2, 0) is 4.74 Å². The summed E-state index contributed by atoms with van der Waals surface area (Å²) in [5.41, 5.74) is -1.53. The summed E-state index contributed by atoms with van der Waals surface area (Å²) >= 11 is 0. The van der Waals surface area contributed by atoms with Crippen molar-refractivity contribution < 1.29 is 9.84 Å². The van der Waals surface area contributed by atoms with Crippen LogP contribution in [0.2, 0.25) is 0 Å². The van der Waals surface area contributed by atoms with Gasteiger partial charge in [0, 0.05) is 0 Å². The van der Waals surface area contributed by atoms with Crippen LogP contribution in [0.5, 0.6) is 0 Å². The van der Waals surface area contributed by atoms with Gasteiger partial charge in [0.25, 0.3) is 0 Å². The van der Waals surface area contributed by atoms with Gasteiger partial charge in [-0.3, -0.25) is 0 Å². The molecule has 2 bridgehead atoms. The molecule has 1 N–H and O–H groups in total. The van der Waals surface area contributed by atoms with Crippen molar-refractivity contribution in [1.29, 1.82) is 5.26 Å². The Morgan fingerprint density at radius 1 is 1.41 bits per heavy atom. The fourth-order valence-corrected chi connectivity index (χ4v) is 3.95. The van der Waals surface area contributed by atoms with Gasteiger partial charge < -0.3 is 9.84 Å². The first-order valence-corrected chi connectivity index (χ1v) is 6.86. The second kappa shape index (κ2) is 3.70. The Morgan fingerprint density at radius 2 is 2.18 bits per heavy atom. The first kappa shape index (κ1) is 11.5. The van der Waals surface area contributed by atoms with E-state index in [0.717, 1.165) is 25.7 Å². The van der Waals surface area contributed by atoms with Gasteiger partial charge in [-0.05, 0) is 38.5 Å². The predicted octanol–water partition coefficient (Wildman–Crippen LogP) is 2.39. The monoisotopic (exact) mass is 235 g/mol. The fraction of sp³-hybridized carbons (Fsp3) is 0.929. The molecule has 1 saturated carbocycles. The van der Waals surface area contributed by atoms with E-state index in [-0.39, 0.29) is 12.2 Å². The Labute approximate surface area is 103 Å². The molecule has 0 aromatic rings. The minimum absolute atomic E-state index is 0.0347. The van der Waals surface area contributed by atoms with Crippen LogP contribution in [0, 0.1) is 22.7 Å². The number of nitrogens with zero attached hydrogens (tertiary/aromatic N) is 1. The van der Waals surface area contributed by atoms with Crippen LogP contribution in [0.3, 0.4) is 0 Å². The van der Waals surface area contributed by atoms with Gasteiger partial charge in [0.1, 0.15) is 5.41 Å². The van der Waals surface area contributed by atoms with Crippen LogP contribution < -0.4 is 0 Å². The van der Waals surface area contributed by atoms with Crippen molar-refractivity contribution in [3.8, 4) is 6.07 Å². The number of hydrogen-bond donors (Lipinski definition) is 1. The van der Waals surface area contributed by atoms with Crippen LogP contribution in [0.4, 0.5) is 0 Å². The largest absolute Gasteiger partial charge is 0.388 e. The molecule has 2 heterocycles. The van der Waals surface area contributed by atoms with Crippen LogP contribution >= 0.6 is 0 Å². The smallest absolute Gasteiger partial charge is 0.114 e. The van der Waals surface area contributed by atoms with Crippen LogP contribution in [0.15, 0.2) is 0 Å². The van der Waals surface area contributed by atoms with Gasteiger partial charge >= 0.3 is 0 Å². The third kappa shape index (κ3) is 1.54. The normalized spacial score (nSPS) is 44.1. The van der Waals surface area contributed by atoms with Gasteiger partial charge in [0.15, 0.2) is 0 Å². The van der Waals surface area contributed by atoms with E-state index in [1.807, 2.05) is 6.92 Å². The van der Waals surface area contributed by atoms with Crippen molar-refractivity contribution in [1.82, 2.24) is 0 Å². The van der Waals surface area contributed by atoms with E-state index < -0.39 is 11.0 Å². The Bertz CT molecular complexity index is 356. The molecule has 4 unspecified atom stereocenters. The molecular formula is C14H21NO2. The number of nitriles is 1. The highest BCUT2D eigenvalue weighted by molar-refractivity contribution is 5.20. The summed E-state index contributed by atoms with van der Waals surface area (Å²) in [6.07, 6.45) is 7.40. The lowest BCUT2D eigenvalue weighted by molar-refractivity contribution is -0.0917. The quantitative estimate of drug-likeness (QED) is 0.817. The van der Waals surface area contributed by atoms with E-state index in [0.29, 0.717) is 5.92 Å². The van der Waals surface area contributed by atoms with Crippen molar-refractivity contribution in [3.05, 3.63) is 0 Å². The molecule has 2 saturated heterocycles. The molecule has 3 nitrogen and oxygen atoms in total. The molecule has 2 aliphatic heterocycles. The van der Waals surface area contributed by atoms with E-state index in [9.17, 15) is 10.4 Å². The predicted molar refractivity (Wildman–Crippen MR) is 63.1 cm³/mol. The third-order valence-electron chi connectivity index (χ3n) is 5.28. The molecule has 17 heavy (non-hydrogen) atoms. The Hall–Kier alpha value is -0.590. The van der Waals surface area contributed by atoms with Crippen molar-refractivity contribution in [2.75, 3.05) is 0 Å². The molecule has 4 atom stereocenters. The number of ether oxygens (including phenoxy) is 1. The molecule has 0 spiro atoms. The molecule has 3 fully saturated rings. The molecule has 0 aromatic carbocycles. The molecule has 3 aliphatic rings. The molecule has 94 valence electrons. The average Bonchev–Trinajstić information content (AvgIpc) is 2.83. The zero-order valence-electron chi connectivity index (χ0n) is 10.5. The van der Waals surface area contributed by atoms with Crippen molar-refractivity contribution in [2.24, 2.45) is 11.3 Å². The van der Waals surface area contributed by atoms with Crippen LogP contribution in [-0.4, -0.2) is 22.9 Å². The summed E-state index contributed by atoms with van der Waals surface area (Å²) in [5.74, 6) is 0.620. The van der Waals surface area contributed by atoms with Gasteiger partial charge in [-0.15, -0.1) is 0 Å². The van der Waals surface area contributed by atoms with E-state index in [1.54, 1.807) is 0 Å². The van der Waals surface area contributed by atoms with E-state index >= 15 is 0 Å². The van der Waals surface area contributed by atoms with E-state index in [4.69, 9.17) is 4.74 Å². The first-order chi connectivity index (χ1) is 8.07. The average molecular weight is 235 g/mol. The summed E-state index contributed by atoms with van der Waals surface area (Å²) in [6, 6.07) is 2.43. The number of aliphatic hydroxyl groups is 1. The van der Waals surface area contributed by atoms with Gasteiger partial charge in [-0.25, -0.2) is 0 Å². The van der Waals surface area contributed by atoms with Crippen LogP contribution in [0.1, 0.15) is 51.9 Å². The number of hydrogen-bond acceptors (Lipinski definition) is 3. The second-order valence-corrected chi connectivity index (χ2v) is 6.39. The standard InChI is InChI=1S/C14H21NO2/c1-13(16,7-10-3-2-4-10)14(9-15)8-11-5-6-12(14)17-11/h10-12,16H,2-8H2,1H3. The number of fused-ring (bicyclic) bond motifs is 2. The highest BCUT2D eigenvalue weighted by Gasteiger charge is 2.62. The van der Waals surface area contributed by atoms with Crippen LogP contribution in [0.25, 0.3) is 0 Å². The third-order valence-corrected chi connectivity index (χ3v) is 5.28. The van der Waals surface area contributed by atoms with Gasteiger partial charge in [-0.2, -0.15) is 5.26 Å². The minimum atomic E-state index is -0.882. The van der Waals surface area contributed by atoms with Gasteiger partial charge in [0.2, 0.25) is 0 Å². The lowest BCUT2D eigenvalue weighted by Crippen LogP contribution is -2.52. The molecule has 0 aromatic heterocycles. The highest BCUT2D eigenvalue weighted by Crippen LogP contribution is 2.55. The summed E-state index contributed by atoms with van der Waals surface area (Å²) < 4.78 is 5.82. The lowest BCUT2D eigenvalue weighted by Gasteiger charge is -2.44. The van der Waals surface area contributed by atoms with E-state index in [2.05, 4.69) is 6.07 Å². The minimum Gasteiger partial charge on any atom is -0.388 e. The summed E-state index contributed by atoms with van der Waals surface area (Å²) in [7, 11) is 0. The zero-order chi connectivity index (χ0) is 12.1. The topological polar surface area (TPSA) is 53.2 Å². The molecule has 0 amide bonds. The maximum absolute atomic E-state index is 10.8. The Morgan fingerprint density at radius 3 is 2.59 bits per heavy atom. The fourth-order valence-electron chi connectivity index (χ4n) is 3.95. The lowest BCUT2D eigenvalue weighted by atomic mass is 9.60. The van der Waals surface area contributed by atoms with Gasteiger partial charge in [-0.1, -0.05) is 19.3 Å². The maximum Gasteiger partial charge on any atom is 0.114 e. The highest BCUT2D eigenvalue weighted by atomic mass is 16.5. The summed E-state index contributed by atoms with van der Waals surface area (Å²) in [5, 5.41) is 20.4. The van der Waals surface area contributed by atoms with Crippen molar-refractivity contribution in [3.63, 3.8) is 0 Å². The Balaban J connectivity index is 1.82. The molecule has 3 heteroatoms. The van der Waals surface area contributed by atoms with E-state index in [1.165, 1.54) is 19.3 Å². The molecule has 0 radical (unpaired) electrons. The summed E-state index contributed by atoms with van der Waals surface area (Å²) in [6.45, 7) is 1.86. The SMILES string of the molecule is CC(O)(CC1CCC1)C1(C#N)CC2CCC1O2. The Kier molecular flexibility index (Phi) is 2.50. The van der Waals surface area contributed by atoms with Crippen molar-refractivity contribution >= 4 is 0 Å². The molecule has 3 rings (SSSR count). The number of rotatable bonds is 3.